The van der Waals surface area contributed by atoms with E-state index in [-0.39, 0.29) is 0 Å². The highest BCUT2D eigenvalue weighted by Crippen LogP contribution is 1.93. The van der Waals surface area contributed by atoms with Crippen molar-refractivity contribution in [3.8, 4) is 0 Å². The fourth-order valence-corrected chi connectivity index (χ4v) is 1.09. The zero-order chi connectivity index (χ0) is 9.52. The molecule has 72 valence electrons. The summed E-state index contributed by atoms with van der Waals surface area (Å²) < 4.78 is 5.01. The molecule has 0 unspecified atom stereocenters. The van der Waals surface area contributed by atoms with E-state index in [1.54, 1.807) is 13.3 Å². The van der Waals surface area contributed by atoms with Crippen LogP contribution in [0.5, 0.6) is 0 Å². The summed E-state index contributed by atoms with van der Waals surface area (Å²) in [6.45, 7) is 3.62. The number of pyridine rings is 1. The van der Waals surface area contributed by atoms with Gasteiger partial charge < -0.3 is 10.1 Å². The van der Waals surface area contributed by atoms with E-state index in [1.165, 1.54) is 0 Å². The van der Waals surface area contributed by atoms with Gasteiger partial charge in [-0.2, -0.15) is 0 Å². The summed E-state index contributed by atoms with van der Waals surface area (Å²) in [7, 11) is 1.71. The molecular formula is C10H16N2O. The summed E-state index contributed by atoms with van der Waals surface area (Å²) in [4.78, 5) is 4.21. The Morgan fingerprint density at radius 3 is 3.00 bits per heavy atom. The van der Waals surface area contributed by atoms with E-state index in [2.05, 4.69) is 17.2 Å². The molecule has 0 aliphatic rings. The van der Waals surface area contributed by atoms with E-state index in [0.717, 1.165) is 18.8 Å². The van der Waals surface area contributed by atoms with Gasteiger partial charge in [0.1, 0.15) is 0 Å². The van der Waals surface area contributed by atoms with E-state index in [9.17, 15) is 0 Å². The smallest absolute Gasteiger partial charge is 0.0613 e. The predicted molar refractivity (Wildman–Crippen MR) is 52.4 cm³/mol. The molecule has 1 aromatic heterocycles. The Morgan fingerprint density at radius 1 is 1.54 bits per heavy atom. The molecule has 0 aromatic carbocycles. The quantitative estimate of drug-likeness (QED) is 0.739. The van der Waals surface area contributed by atoms with Gasteiger partial charge in [0.05, 0.1) is 12.3 Å². The van der Waals surface area contributed by atoms with Crippen LogP contribution in [0.2, 0.25) is 0 Å². The zero-order valence-electron chi connectivity index (χ0n) is 8.16. The van der Waals surface area contributed by atoms with Gasteiger partial charge in [0.2, 0.25) is 0 Å². The minimum atomic E-state index is 0.368. The molecule has 0 amide bonds. The molecule has 0 saturated carbocycles. The van der Waals surface area contributed by atoms with Crippen molar-refractivity contribution < 1.29 is 4.74 Å². The average Bonchev–Trinajstić information content (AvgIpc) is 2.17. The molecule has 0 bridgehead atoms. The number of nitrogens with zero attached hydrogens (tertiary/aromatic N) is 1. The summed E-state index contributed by atoms with van der Waals surface area (Å²) in [6.07, 6.45) is 1.80. The number of rotatable bonds is 5. The van der Waals surface area contributed by atoms with Crippen molar-refractivity contribution in [3.05, 3.63) is 30.1 Å². The fraction of sp³-hybridized carbons (Fsp3) is 0.500. The molecule has 1 aromatic rings. The van der Waals surface area contributed by atoms with Gasteiger partial charge in [0, 0.05) is 25.9 Å². The molecule has 1 rings (SSSR count). The topological polar surface area (TPSA) is 34.1 Å². The van der Waals surface area contributed by atoms with Crippen molar-refractivity contribution in [2.24, 2.45) is 0 Å². The lowest BCUT2D eigenvalue weighted by Crippen LogP contribution is -2.29. The maximum atomic E-state index is 5.01. The van der Waals surface area contributed by atoms with Gasteiger partial charge in [-0.05, 0) is 19.1 Å². The van der Waals surface area contributed by atoms with Crippen LogP contribution in [-0.2, 0) is 11.3 Å². The van der Waals surface area contributed by atoms with Gasteiger partial charge in [-0.15, -0.1) is 0 Å². The molecular weight excluding hydrogens is 164 g/mol. The summed E-state index contributed by atoms with van der Waals surface area (Å²) in [6, 6.07) is 6.28. The van der Waals surface area contributed by atoms with Gasteiger partial charge in [-0.1, -0.05) is 6.07 Å². The standard InChI is InChI=1S/C10H16N2O/c1-9(8-13-2)12-7-10-5-3-4-6-11-10/h3-6,9,12H,7-8H2,1-2H3/t9-/m0/s1. The predicted octanol–water partition coefficient (Wildman–Crippen LogP) is 1.21. The summed E-state index contributed by atoms with van der Waals surface area (Å²) in [5.41, 5.74) is 1.06. The molecule has 0 spiro atoms. The van der Waals surface area contributed by atoms with Gasteiger partial charge in [0.25, 0.3) is 0 Å². The van der Waals surface area contributed by atoms with Crippen molar-refractivity contribution in [2.75, 3.05) is 13.7 Å². The van der Waals surface area contributed by atoms with Gasteiger partial charge >= 0.3 is 0 Å². The summed E-state index contributed by atoms with van der Waals surface area (Å²) in [5.74, 6) is 0. The van der Waals surface area contributed by atoms with Gasteiger partial charge in [-0.3, -0.25) is 4.98 Å². The van der Waals surface area contributed by atoms with Crippen LogP contribution >= 0.6 is 0 Å². The van der Waals surface area contributed by atoms with Crippen molar-refractivity contribution in [1.82, 2.24) is 10.3 Å². The third kappa shape index (κ3) is 4.01. The van der Waals surface area contributed by atoms with Crippen molar-refractivity contribution in [1.29, 1.82) is 0 Å². The lowest BCUT2D eigenvalue weighted by Gasteiger charge is -2.11. The van der Waals surface area contributed by atoms with Crippen molar-refractivity contribution in [2.45, 2.75) is 19.5 Å². The molecule has 0 fully saturated rings. The molecule has 1 atom stereocenters. The first kappa shape index (κ1) is 10.2. The largest absolute Gasteiger partial charge is 0.383 e. The van der Waals surface area contributed by atoms with Crippen LogP contribution in [0.4, 0.5) is 0 Å². The Balaban J connectivity index is 2.27. The SMILES string of the molecule is COC[C@H](C)NCc1ccccn1. The van der Waals surface area contributed by atoms with Gasteiger partial charge in [-0.25, -0.2) is 0 Å². The van der Waals surface area contributed by atoms with Crippen LogP contribution in [0.3, 0.4) is 0 Å². The van der Waals surface area contributed by atoms with E-state index in [1.807, 2.05) is 18.2 Å². The number of nitrogens with one attached hydrogen (secondary N) is 1. The fourth-order valence-electron chi connectivity index (χ4n) is 1.09. The maximum Gasteiger partial charge on any atom is 0.0613 e. The zero-order valence-corrected chi connectivity index (χ0v) is 8.16. The number of ether oxygens (including phenoxy) is 1. The summed E-state index contributed by atoms with van der Waals surface area (Å²) in [5, 5.41) is 3.31. The van der Waals surface area contributed by atoms with Crippen LogP contribution in [0, 0.1) is 0 Å². The van der Waals surface area contributed by atoms with Crippen LogP contribution in [0.15, 0.2) is 24.4 Å². The molecule has 0 saturated heterocycles. The molecule has 0 aliphatic heterocycles. The molecule has 13 heavy (non-hydrogen) atoms. The second-order valence-corrected chi connectivity index (χ2v) is 3.06. The second-order valence-electron chi connectivity index (χ2n) is 3.06. The first-order valence-corrected chi connectivity index (χ1v) is 4.45. The minimum absolute atomic E-state index is 0.368. The van der Waals surface area contributed by atoms with E-state index < -0.39 is 0 Å². The Morgan fingerprint density at radius 2 is 2.38 bits per heavy atom. The maximum absolute atomic E-state index is 5.01. The Hall–Kier alpha value is -0.930. The molecule has 0 aliphatic carbocycles. The van der Waals surface area contributed by atoms with Gasteiger partial charge in [0.15, 0.2) is 0 Å². The minimum Gasteiger partial charge on any atom is -0.383 e. The van der Waals surface area contributed by atoms with Crippen molar-refractivity contribution >= 4 is 0 Å². The molecule has 1 N–H and O–H groups in total. The highest BCUT2D eigenvalue weighted by atomic mass is 16.5. The van der Waals surface area contributed by atoms with Crippen LogP contribution < -0.4 is 5.32 Å². The Kier molecular flexibility index (Phi) is 4.43. The van der Waals surface area contributed by atoms with E-state index in [4.69, 9.17) is 4.74 Å². The number of hydrogen-bond donors (Lipinski definition) is 1. The van der Waals surface area contributed by atoms with Crippen LogP contribution in [-0.4, -0.2) is 24.7 Å². The Labute approximate surface area is 79.1 Å². The normalized spacial score (nSPS) is 12.8. The highest BCUT2D eigenvalue weighted by molar-refractivity contribution is 5.02. The third-order valence-electron chi connectivity index (χ3n) is 1.77. The van der Waals surface area contributed by atoms with Crippen LogP contribution in [0.25, 0.3) is 0 Å². The number of aromatic nitrogens is 1. The summed E-state index contributed by atoms with van der Waals surface area (Å²) >= 11 is 0. The molecule has 3 heteroatoms. The number of methoxy groups -OCH3 is 1. The lowest BCUT2D eigenvalue weighted by molar-refractivity contribution is 0.171. The highest BCUT2D eigenvalue weighted by Gasteiger charge is 1.99. The van der Waals surface area contributed by atoms with E-state index >= 15 is 0 Å². The molecule has 0 radical (unpaired) electrons. The first-order chi connectivity index (χ1) is 6.33. The third-order valence-corrected chi connectivity index (χ3v) is 1.77. The van der Waals surface area contributed by atoms with Crippen LogP contribution in [0.1, 0.15) is 12.6 Å². The molecule has 3 nitrogen and oxygen atoms in total. The lowest BCUT2D eigenvalue weighted by atomic mass is 10.3. The molecule has 1 heterocycles. The number of hydrogen-bond acceptors (Lipinski definition) is 3. The second kappa shape index (κ2) is 5.67. The van der Waals surface area contributed by atoms with E-state index in [0.29, 0.717) is 6.04 Å². The Bertz CT molecular complexity index is 226. The average molecular weight is 180 g/mol. The first-order valence-electron chi connectivity index (χ1n) is 4.45. The monoisotopic (exact) mass is 180 g/mol. The van der Waals surface area contributed by atoms with Crippen molar-refractivity contribution in [3.63, 3.8) is 0 Å².